The standard InChI is InChI=1S/C19H30N2O5.CH2O2/c22-16(23)12-20-9-7-19(8-10-20)13-21(11-15(19)18(25)26)17(24)14-5-3-1-2-4-6-14;2-1-3/h14-15H,1-13H2,(H,22,23)(H,25,26);1H,(H,2,3). The summed E-state index contributed by atoms with van der Waals surface area (Å²) in [4.78, 5) is 47.8. The van der Waals surface area contributed by atoms with Crippen LogP contribution in [0.15, 0.2) is 0 Å². The normalized spacial score (nSPS) is 25.0. The van der Waals surface area contributed by atoms with Crippen LogP contribution in [0.3, 0.4) is 0 Å². The number of nitrogens with zero attached hydrogens (tertiary/aromatic N) is 2. The third kappa shape index (κ3) is 5.91. The number of aliphatic carboxylic acids is 2. The molecule has 0 radical (unpaired) electrons. The third-order valence-electron chi connectivity index (χ3n) is 6.67. The Kier molecular flexibility index (Phi) is 8.43. The van der Waals surface area contributed by atoms with Crippen LogP contribution in [0, 0.1) is 17.3 Å². The molecule has 1 spiro atoms. The fraction of sp³-hybridized carbons (Fsp3) is 0.800. The Morgan fingerprint density at radius 3 is 2.03 bits per heavy atom. The molecule has 2 saturated heterocycles. The predicted molar refractivity (Wildman–Crippen MR) is 103 cm³/mol. The van der Waals surface area contributed by atoms with Crippen molar-refractivity contribution >= 4 is 24.3 Å². The van der Waals surface area contributed by atoms with Crippen molar-refractivity contribution in [1.82, 2.24) is 9.80 Å². The molecule has 164 valence electrons. The number of hydrogen-bond acceptors (Lipinski definition) is 5. The summed E-state index contributed by atoms with van der Waals surface area (Å²) in [7, 11) is 0. The van der Waals surface area contributed by atoms with Crippen molar-refractivity contribution in [2.24, 2.45) is 17.3 Å². The Morgan fingerprint density at radius 1 is 1.00 bits per heavy atom. The number of piperidine rings is 1. The van der Waals surface area contributed by atoms with E-state index in [1.807, 2.05) is 9.80 Å². The van der Waals surface area contributed by atoms with Gasteiger partial charge in [-0.2, -0.15) is 0 Å². The van der Waals surface area contributed by atoms with Gasteiger partial charge in [0.15, 0.2) is 0 Å². The predicted octanol–water partition coefficient (Wildman–Crippen LogP) is 1.37. The lowest BCUT2D eigenvalue weighted by molar-refractivity contribution is -0.147. The summed E-state index contributed by atoms with van der Waals surface area (Å²) in [5.74, 6) is -2.03. The molecule has 9 nitrogen and oxygen atoms in total. The van der Waals surface area contributed by atoms with Crippen molar-refractivity contribution in [2.45, 2.75) is 51.4 Å². The summed E-state index contributed by atoms with van der Waals surface area (Å²) in [6.07, 6.45) is 7.68. The van der Waals surface area contributed by atoms with Gasteiger partial charge in [-0.15, -0.1) is 0 Å². The van der Waals surface area contributed by atoms with E-state index in [0.717, 1.165) is 25.7 Å². The van der Waals surface area contributed by atoms with E-state index in [2.05, 4.69) is 0 Å². The molecule has 2 aliphatic heterocycles. The summed E-state index contributed by atoms with van der Waals surface area (Å²) >= 11 is 0. The largest absolute Gasteiger partial charge is 0.483 e. The molecule has 1 amide bonds. The second-order valence-electron chi connectivity index (χ2n) is 8.44. The second kappa shape index (κ2) is 10.6. The molecule has 3 fully saturated rings. The van der Waals surface area contributed by atoms with Crippen LogP contribution in [0.4, 0.5) is 0 Å². The van der Waals surface area contributed by atoms with Crippen molar-refractivity contribution < 1.29 is 34.5 Å². The SMILES string of the molecule is O=C(O)CN1CCC2(CC1)CN(C(=O)C1CCCCCC1)CC2C(=O)O.O=CO. The number of carboxylic acids is 2. The molecular weight excluding hydrogens is 380 g/mol. The summed E-state index contributed by atoms with van der Waals surface area (Å²) in [5.41, 5.74) is -0.402. The Morgan fingerprint density at radius 2 is 1.55 bits per heavy atom. The van der Waals surface area contributed by atoms with Gasteiger partial charge in [0.05, 0.1) is 12.5 Å². The van der Waals surface area contributed by atoms with Gasteiger partial charge in [-0.25, -0.2) is 0 Å². The molecule has 3 N–H and O–H groups in total. The lowest BCUT2D eigenvalue weighted by Gasteiger charge is -2.40. The van der Waals surface area contributed by atoms with Crippen LogP contribution in [0.5, 0.6) is 0 Å². The number of carbonyl (C=O) groups excluding carboxylic acids is 1. The van der Waals surface area contributed by atoms with E-state index in [-0.39, 0.29) is 24.8 Å². The van der Waals surface area contributed by atoms with Crippen molar-refractivity contribution in [3.8, 4) is 0 Å². The molecule has 0 aromatic rings. The monoisotopic (exact) mass is 412 g/mol. The number of likely N-dealkylation sites (tertiary alicyclic amines) is 2. The van der Waals surface area contributed by atoms with E-state index in [1.54, 1.807) is 0 Å². The molecule has 1 unspecified atom stereocenters. The Labute approximate surface area is 170 Å². The van der Waals surface area contributed by atoms with Crippen molar-refractivity contribution in [3.63, 3.8) is 0 Å². The van der Waals surface area contributed by atoms with Gasteiger partial charge < -0.3 is 20.2 Å². The lowest BCUT2D eigenvalue weighted by atomic mass is 9.71. The molecule has 3 rings (SSSR count). The average Bonchev–Trinajstić information content (AvgIpc) is 2.84. The molecule has 1 saturated carbocycles. The fourth-order valence-corrected chi connectivity index (χ4v) is 5.12. The minimum absolute atomic E-state index is 0.00145. The average molecular weight is 412 g/mol. The molecular formula is C20H32N2O7. The van der Waals surface area contributed by atoms with Crippen LogP contribution in [-0.2, 0) is 19.2 Å². The first-order valence-corrected chi connectivity index (χ1v) is 10.4. The summed E-state index contributed by atoms with van der Waals surface area (Å²) in [6.45, 7) is 1.74. The second-order valence-corrected chi connectivity index (χ2v) is 8.44. The maximum atomic E-state index is 13.0. The van der Waals surface area contributed by atoms with Gasteiger partial charge in [-0.05, 0) is 38.8 Å². The summed E-state index contributed by atoms with van der Waals surface area (Å²) in [6, 6.07) is 0. The van der Waals surface area contributed by atoms with Crippen LogP contribution in [0.2, 0.25) is 0 Å². The zero-order valence-electron chi connectivity index (χ0n) is 16.8. The third-order valence-corrected chi connectivity index (χ3v) is 6.67. The van der Waals surface area contributed by atoms with Crippen LogP contribution in [0.25, 0.3) is 0 Å². The van der Waals surface area contributed by atoms with Crippen LogP contribution in [0.1, 0.15) is 51.4 Å². The topological polar surface area (TPSA) is 135 Å². The molecule has 0 aromatic carbocycles. The first kappa shape index (κ1) is 23.1. The highest BCUT2D eigenvalue weighted by molar-refractivity contribution is 5.81. The van der Waals surface area contributed by atoms with Gasteiger partial charge in [0, 0.05) is 24.4 Å². The number of carboxylic acid groups (broad SMARTS) is 3. The van der Waals surface area contributed by atoms with E-state index in [0.29, 0.717) is 39.0 Å². The number of amides is 1. The Balaban J connectivity index is 0.000000941. The van der Waals surface area contributed by atoms with Gasteiger partial charge >= 0.3 is 11.9 Å². The summed E-state index contributed by atoms with van der Waals surface area (Å²) < 4.78 is 0. The Hall–Kier alpha value is -2.16. The quantitative estimate of drug-likeness (QED) is 0.465. The molecule has 3 aliphatic rings. The fourth-order valence-electron chi connectivity index (χ4n) is 5.12. The van der Waals surface area contributed by atoms with Gasteiger partial charge in [0.25, 0.3) is 6.47 Å². The van der Waals surface area contributed by atoms with E-state index < -0.39 is 23.3 Å². The molecule has 0 aromatic heterocycles. The minimum Gasteiger partial charge on any atom is -0.483 e. The van der Waals surface area contributed by atoms with E-state index in [4.69, 9.17) is 15.0 Å². The molecule has 9 heteroatoms. The smallest absolute Gasteiger partial charge is 0.317 e. The first-order chi connectivity index (χ1) is 13.8. The zero-order valence-corrected chi connectivity index (χ0v) is 16.8. The summed E-state index contributed by atoms with van der Waals surface area (Å²) in [5, 5.41) is 25.6. The number of carbonyl (C=O) groups is 4. The lowest BCUT2D eigenvalue weighted by Crippen LogP contribution is -2.47. The van der Waals surface area contributed by atoms with Crippen LogP contribution >= 0.6 is 0 Å². The molecule has 0 bridgehead atoms. The highest BCUT2D eigenvalue weighted by Crippen LogP contribution is 2.45. The minimum atomic E-state index is -0.854. The maximum absolute atomic E-state index is 13.0. The molecule has 1 atom stereocenters. The maximum Gasteiger partial charge on any atom is 0.317 e. The number of hydrogen-bond donors (Lipinski definition) is 3. The van der Waals surface area contributed by atoms with E-state index in [1.165, 1.54) is 12.8 Å². The van der Waals surface area contributed by atoms with Gasteiger partial charge in [-0.3, -0.25) is 24.1 Å². The van der Waals surface area contributed by atoms with Crippen molar-refractivity contribution in [1.29, 1.82) is 0 Å². The molecule has 2 heterocycles. The van der Waals surface area contributed by atoms with Gasteiger partial charge in [0.1, 0.15) is 0 Å². The van der Waals surface area contributed by atoms with Gasteiger partial charge in [0.2, 0.25) is 5.91 Å². The van der Waals surface area contributed by atoms with E-state index >= 15 is 0 Å². The Bertz CT molecular complexity index is 594. The van der Waals surface area contributed by atoms with Crippen molar-refractivity contribution in [2.75, 3.05) is 32.7 Å². The van der Waals surface area contributed by atoms with Crippen LogP contribution < -0.4 is 0 Å². The zero-order chi connectivity index (χ0) is 21.4. The number of rotatable bonds is 4. The molecule has 29 heavy (non-hydrogen) atoms. The van der Waals surface area contributed by atoms with Gasteiger partial charge in [-0.1, -0.05) is 25.7 Å². The highest BCUT2D eigenvalue weighted by Gasteiger charge is 2.53. The van der Waals surface area contributed by atoms with Crippen LogP contribution in [-0.4, -0.2) is 82.2 Å². The molecule has 1 aliphatic carbocycles. The van der Waals surface area contributed by atoms with Crippen molar-refractivity contribution in [3.05, 3.63) is 0 Å². The first-order valence-electron chi connectivity index (χ1n) is 10.4. The van der Waals surface area contributed by atoms with E-state index in [9.17, 15) is 19.5 Å². The highest BCUT2D eigenvalue weighted by atomic mass is 16.4.